The first-order valence-corrected chi connectivity index (χ1v) is 7.98. The van der Waals surface area contributed by atoms with Crippen molar-refractivity contribution >= 4 is 6.03 Å². The van der Waals surface area contributed by atoms with Crippen LogP contribution in [-0.4, -0.2) is 39.5 Å². The van der Waals surface area contributed by atoms with Crippen molar-refractivity contribution in [3.63, 3.8) is 0 Å². The number of nitrogens with zero attached hydrogens (tertiary/aromatic N) is 3. The van der Waals surface area contributed by atoms with Gasteiger partial charge in [-0.15, -0.1) is 0 Å². The number of hydrogen-bond donors (Lipinski definition) is 2. The second-order valence-electron chi connectivity index (χ2n) is 5.64. The molecule has 0 aliphatic carbocycles. The lowest BCUT2D eigenvalue weighted by molar-refractivity contribution is 0.188. The minimum absolute atomic E-state index is 0.0319. The molecule has 0 aliphatic heterocycles. The molecule has 0 saturated heterocycles. The number of carbonyl (C=O) groups excluding carboxylic acids is 1. The zero-order valence-corrected chi connectivity index (χ0v) is 14.2. The summed E-state index contributed by atoms with van der Waals surface area (Å²) in [5, 5.41) is 2.86. The Balaban J connectivity index is 1.92. The molecule has 2 heterocycles. The Morgan fingerprint density at radius 3 is 2.88 bits per heavy atom. The highest BCUT2D eigenvalue weighted by molar-refractivity contribution is 5.74. The first-order valence-electron chi connectivity index (χ1n) is 7.98. The molecule has 0 spiro atoms. The summed E-state index contributed by atoms with van der Waals surface area (Å²) < 4.78 is 0. The van der Waals surface area contributed by atoms with Gasteiger partial charge >= 0.3 is 6.03 Å². The van der Waals surface area contributed by atoms with E-state index in [0.717, 1.165) is 12.0 Å². The Hall–Kier alpha value is -2.70. The highest BCUT2D eigenvalue weighted by Gasteiger charge is 2.19. The van der Waals surface area contributed by atoms with E-state index < -0.39 is 0 Å². The topological polar surface area (TPSA) is 91.0 Å². The zero-order chi connectivity index (χ0) is 17.5. The van der Waals surface area contributed by atoms with Crippen molar-refractivity contribution in [2.75, 3.05) is 13.6 Å². The number of amides is 2. The lowest BCUT2D eigenvalue weighted by Gasteiger charge is -2.27. The number of aromatic nitrogens is 3. The van der Waals surface area contributed by atoms with Gasteiger partial charge in [0.2, 0.25) is 0 Å². The van der Waals surface area contributed by atoms with E-state index in [1.165, 1.54) is 6.07 Å². The molecule has 0 aliphatic rings. The first kappa shape index (κ1) is 17.7. The average molecular weight is 329 g/mol. The van der Waals surface area contributed by atoms with E-state index in [4.69, 9.17) is 0 Å². The number of urea groups is 1. The minimum atomic E-state index is -0.177. The molecule has 1 unspecified atom stereocenters. The summed E-state index contributed by atoms with van der Waals surface area (Å²) in [6.45, 7) is 4.20. The molecule has 0 fully saturated rings. The minimum Gasteiger partial charge on any atom is -0.338 e. The number of carbonyl (C=O) groups is 1. The number of aryl methyl sites for hydroxylation is 1. The van der Waals surface area contributed by atoms with Gasteiger partial charge in [0.25, 0.3) is 5.56 Å². The van der Waals surface area contributed by atoms with Crippen LogP contribution in [-0.2, 0) is 6.42 Å². The van der Waals surface area contributed by atoms with Gasteiger partial charge in [-0.2, -0.15) is 0 Å². The predicted molar refractivity (Wildman–Crippen MR) is 91.7 cm³/mol. The maximum atomic E-state index is 12.3. The fraction of sp³-hybridized carbons (Fsp3) is 0.412. The van der Waals surface area contributed by atoms with Crippen LogP contribution in [0.25, 0.3) is 0 Å². The summed E-state index contributed by atoms with van der Waals surface area (Å²) in [7, 11) is 1.77. The summed E-state index contributed by atoms with van der Waals surface area (Å²) in [5.74, 6) is 0.572. The molecule has 24 heavy (non-hydrogen) atoms. The van der Waals surface area contributed by atoms with Crippen LogP contribution in [0.5, 0.6) is 0 Å². The molecule has 0 aromatic carbocycles. The monoisotopic (exact) mass is 329 g/mol. The third-order valence-electron chi connectivity index (χ3n) is 3.80. The second-order valence-corrected chi connectivity index (χ2v) is 5.64. The number of H-pyrrole nitrogens is 1. The van der Waals surface area contributed by atoms with Crippen molar-refractivity contribution in [2.45, 2.75) is 32.7 Å². The Morgan fingerprint density at radius 2 is 2.25 bits per heavy atom. The number of hydrogen-bond acceptors (Lipinski definition) is 4. The van der Waals surface area contributed by atoms with E-state index in [2.05, 4.69) is 20.3 Å². The van der Waals surface area contributed by atoms with Gasteiger partial charge in [-0.1, -0.05) is 13.0 Å². The van der Waals surface area contributed by atoms with Crippen molar-refractivity contribution in [2.24, 2.45) is 0 Å². The zero-order valence-electron chi connectivity index (χ0n) is 14.2. The number of pyridine rings is 1. The first-order chi connectivity index (χ1) is 11.5. The molecular weight excluding hydrogens is 306 g/mol. The van der Waals surface area contributed by atoms with Crippen molar-refractivity contribution in [3.05, 3.63) is 58.0 Å². The molecule has 2 rings (SSSR count). The fourth-order valence-corrected chi connectivity index (χ4v) is 2.62. The molecule has 0 bridgehead atoms. The van der Waals surface area contributed by atoms with E-state index >= 15 is 0 Å². The lowest BCUT2D eigenvalue weighted by atomic mass is 10.1. The standard InChI is InChI=1S/C17H23N5O2/c1-4-14(13-6-5-8-18-11-13)22(3)17(24)19-9-7-15-20-12(2)10-16(23)21-15/h5-6,8,10-11,14H,4,7,9H2,1-3H3,(H,19,24)(H,20,21,23). The lowest BCUT2D eigenvalue weighted by Crippen LogP contribution is -2.40. The average Bonchev–Trinajstić information content (AvgIpc) is 2.55. The van der Waals surface area contributed by atoms with Crippen molar-refractivity contribution < 1.29 is 4.79 Å². The second kappa shape index (κ2) is 8.24. The van der Waals surface area contributed by atoms with E-state index in [0.29, 0.717) is 24.5 Å². The van der Waals surface area contributed by atoms with Gasteiger partial charge in [-0.05, 0) is 25.0 Å². The molecule has 7 nitrogen and oxygen atoms in total. The van der Waals surface area contributed by atoms with E-state index in [9.17, 15) is 9.59 Å². The third kappa shape index (κ3) is 4.65. The number of rotatable bonds is 6. The highest BCUT2D eigenvalue weighted by atomic mass is 16.2. The Bertz CT molecular complexity index is 729. The predicted octanol–water partition coefficient (Wildman–Crippen LogP) is 1.81. The van der Waals surface area contributed by atoms with Gasteiger partial charge in [0.1, 0.15) is 5.82 Å². The van der Waals surface area contributed by atoms with Crippen LogP contribution in [0.15, 0.2) is 35.4 Å². The smallest absolute Gasteiger partial charge is 0.317 e. The summed E-state index contributed by atoms with van der Waals surface area (Å²) in [6, 6.07) is 5.07. The van der Waals surface area contributed by atoms with Crippen molar-refractivity contribution in [1.29, 1.82) is 0 Å². The van der Waals surface area contributed by atoms with Crippen molar-refractivity contribution in [3.8, 4) is 0 Å². The maximum absolute atomic E-state index is 12.3. The van der Waals surface area contributed by atoms with E-state index in [1.54, 1.807) is 31.3 Å². The van der Waals surface area contributed by atoms with Gasteiger partial charge in [-0.3, -0.25) is 9.78 Å². The molecule has 2 aromatic rings. The molecule has 128 valence electrons. The van der Waals surface area contributed by atoms with E-state index in [1.807, 2.05) is 19.1 Å². The summed E-state index contributed by atoms with van der Waals surface area (Å²) >= 11 is 0. The summed E-state index contributed by atoms with van der Waals surface area (Å²) in [6.07, 6.45) is 4.76. The van der Waals surface area contributed by atoms with Crippen molar-refractivity contribution in [1.82, 2.24) is 25.2 Å². The normalized spacial score (nSPS) is 11.8. The van der Waals surface area contributed by atoms with E-state index in [-0.39, 0.29) is 17.6 Å². The molecule has 2 aromatic heterocycles. The largest absolute Gasteiger partial charge is 0.338 e. The highest BCUT2D eigenvalue weighted by Crippen LogP contribution is 2.21. The molecule has 7 heteroatoms. The van der Waals surface area contributed by atoms with Gasteiger partial charge in [0.15, 0.2) is 0 Å². The molecule has 2 N–H and O–H groups in total. The van der Waals surface area contributed by atoms with Crippen LogP contribution in [0.4, 0.5) is 4.79 Å². The fourth-order valence-electron chi connectivity index (χ4n) is 2.62. The molecule has 1 atom stereocenters. The van der Waals surface area contributed by atoms with Crippen LogP contribution < -0.4 is 10.9 Å². The van der Waals surface area contributed by atoms with Gasteiger partial charge in [0, 0.05) is 44.2 Å². The molecule has 0 saturated carbocycles. The number of aromatic amines is 1. The van der Waals surface area contributed by atoms with Crippen LogP contribution in [0.2, 0.25) is 0 Å². The van der Waals surface area contributed by atoms with Crippen LogP contribution >= 0.6 is 0 Å². The van der Waals surface area contributed by atoms with Gasteiger partial charge in [0.05, 0.1) is 6.04 Å². The SMILES string of the molecule is CCC(c1cccnc1)N(C)C(=O)NCCc1nc(C)cc(=O)[nH]1. The number of nitrogens with one attached hydrogen (secondary N) is 2. The van der Waals surface area contributed by atoms with Crippen LogP contribution in [0, 0.1) is 6.92 Å². The quantitative estimate of drug-likeness (QED) is 0.845. The Kier molecular flexibility index (Phi) is 6.06. The maximum Gasteiger partial charge on any atom is 0.317 e. The van der Waals surface area contributed by atoms with Crippen LogP contribution in [0.1, 0.15) is 36.5 Å². The van der Waals surface area contributed by atoms with Gasteiger partial charge in [-0.25, -0.2) is 9.78 Å². The molecule has 2 amide bonds. The third-order valence-corrected chi connectivity index (χ3v) is 3.80. The summed E-state index contributed by atoms with van der Waals surface area (Å²) in [4.78, 5) is 36.4. The van der Waals surface area contributed by atoms with Gasteiger partial charge < -0.3 is 15.2 Å². The molecule has 0 radical (unpaired) electrons. The Morgan fingerprint density at radius 1 is 1.46 bits per heavy atom. The summed E-state index contributed by atoms with van der Waals surface area (Å²) in [5.41, 5.74) is 1.49. The Labute approximate surface area is 141 Å². The van der Waals surface area contributed by atoms with Crippen LogP contribution in [0.3, 0.4) is 0 Å². The molecular formula is C17H23N5O2.